The molecule has 0 fully saturated rings. The van der Waals surface area contributed by atoms with Gasteiger partial charge in [0.2, 0.25) is 17.5 Å². The number of rotatable bonds is 18. The number of carbonyl (C=O) groups is 2. The number of carbonyl (C=O) groups excluding carboxylic acids is 2. The third-order valence-electron chi connectivity index (χ3n) is 16.0. The second-order valence-electron chi connectivity index (χ2n) is 23.2. The minimum atomic E-state index is 0. The van der Waals surface area contributed by atoms with Crippen LogP contribution >= 0.6 is 31.9 Å². The lowest BCUT2D eigenvalue weighted by molar-refractivity contribution is 0.101. The number of pyridine rings is 3. The molecule has 29 nitrogen and oxygen atoms in total. The molecule has 590 valence electrons. The summed E-state index contributed by atoms with van der Waals surface area (Å²) >= 11 is 6.43. The van der Waals surface area contributed by atoms with Gasteiger partial charge >= 0.3 is 0 Å². The highest BCUT2D eigenvalue weighted by Crippen LogP contribution is 2.40. The fourth-order valence-electron chi connectivity index (χ4n) is 10.7. The standard InChI is InChI=1S/C20H18N4O2.C18H19N3O2.C14H13N3O2.C10H11BrO3.C10H12O3.C6H6BrN.C4H5N3.H2N2.H2O.H2/c1-13-11-15(7-9-21-13)19-18(23-20-22-8-4-10-24(19)20)14-5-6-16(25-2)17(12-14)26-3;1-11-8-13(6-7-20-11)18-14(10-17(19)21-18)12-4-5-15(22-2)16(9-12)23-3;1-18-12-5-4-10(8-13(12)19-2)11-9-17-7-3-6-15-14(17)16-11;1-13-9-4-3-7(8(12)6-11)5-10(9)14-2;1-7(11)8-4-5-9(12-2)10(6-8)13-3;1-5-4-6(7)2-3-8-5;5-4-6-2-1-3-7-4;1-2;;/h4-12H,1-3H3;4-9H,10H2,1-3H3,(H2,19,21);3-9H,1-2H3;3-5H,6H2,1-2H3;4-6H,1-3H3;2-4H,1H3;1-3H,(H2,5,6,7);1-2H;1H2;1H. The Morgan fingerprint density at radius 2 is 0.894 bits per heavy atom. The van der Waals surface area contributed by atoms with E-state index in [0.717, 1.165) is 77.7 Å². The third kappa shape index (κ3) is 24.6. The lowest BCUT2D eigenvalue weighted by Gasteiger charge is -2.11. The number of nitrogens with one attached hydrogen (secondary N) is 2. The Morgan fingerprint density at radius 3 is 1.37 bits per heavy atom. The first kappa shape index (κ1) is 88.6. The van der Waals surface area contributed by atoms with Crippen molar-refractivity contribution in [1.29, 1.82) is 11.1 Å². The topological polar surface area (TPSA) is 395 Å². The summed E-state index contributed by atoms with van der Waals surface area (Å²) in [5, 5.41) is 0.308. The number of alkyl halides is 1. The number of hydrogen-bond acceptors (Lipinski definition) is 26. The average Bonchev–Trinajstić information content (AvgIpc) is 1.61. The molecule has 0 saturated heterocycles. The van der Waals surface area contributed by atoms with E-state index >= 15 is 0 Å². The minimum Gasteiger partial charge on any atom is -0.493 e. The van der Waals surface area contributed by atoms with Gasteiger partial charge in [-0.05, 0) is 178 Å². The number of aliphatic imine (C=N–C) groups is 1. The van der Waals surface area contributed by atoms with Gasteiger partial charge in [-0.3, -0.25) is 33.3 Å². The Balaban J connectivity index is 0.000000245. The van der Waals surface area contributed by atoms with E-state index in [1.54, 1.807) is 157 Å². The summed E-state index contributed by atoms with van der Waals surface area (Å²) in [5.41, 5.74) is 34.9. The number of nitrogens with two attached hydrogens (primary N) is 2. The van der Waals surface area contributed by atoms with Gasteiger partial charge in [0.1, 0.15) is 5.84 Å². The van der Waals surface area contributed by atoms with Crippen LogP contribution in [0.25, 0.3) is 56.6 Å². The first-order valence-corrected chi connectivity index (χ1v) is 35.8. The Morgan fingerprint density at radius 1 is 0.460 bits per heavy atom. The second-order valence-corrected chi connectivity index (χ2v) is 24.7. The van der Waals surface area contributed by atoms with E-state index in [0.29, 0.717) is 104 Å². The molecule has 0 spiro atoms. The number of amidine groups is 1. The van der Waals surface area contributed by atoms with Crippen LogP contribution in [0.1, 0.15) is 63.7 Å². The van der Waals surface area contributed by atoms with E-state index in [1.165, 1.54) is 6.92 Å². The number of methoxy groups -OCH3 is 10. The quantitative estimate of drug-likeness (QED) is 0.0352. The van der Waals surface area contributed by atoms with Crippen LogP contribution in [0, 0.1) is 31.8 Å². The molecule has 8 aromatic heterocycles. The number of nitrogens with zero attached hydrogens (tertiary/aromatic N) is 12. The zero-order valence-corrected chi connectivity index (χ0v) is 67.9. The smallest absolute Gasteiger partial charge is 0.234 e. The fraction of sp³-hybridized carbons (Fsp3) is 0.195. The van der Waals surface area contributed by atoms with E-state index in [9.17, 15) is 9.59 Å². The Kier molecular flexibility index (Phi) is 35.3. The highest BCUT2D eigenvalue weighted by molar-refractivity contribution is 9.10. The summed E-state index contributed by atoms with van der Waals surface area (Å²) < 4.78 is 57.2. The van der Waals surface area contributed by atoms with Crippen molar-refractivity contribution in [3.8, 4) is 91.3 Å². The number of ether oxygens (including phenoxy) is 10. The molecular formula is C82H90Br2N16O13. The van der Waals surface area contributed by atoms with E-state index in [2.05, 4.69) is 76.7 Å². The summed E-state index contributed by atoms with van der Waals surface area (Å²) in [6.45, 7) is 7.41. The van der Waals surface area contributed by atoms with Gasteiger partial charge in [0.15, 0.2) is 69.1 Å². The number of Topliss-reactive ketones (excluding diaryl/α,β-unsaturated/α-hetero) is 2. The molecule has 0 aliphatic carbocycles. The van der Waals surface area contributed by atoms with Crippen LogP contribution in [0.4, 0.5) is 5.95 Å². The van der Waals surface area contributed by atoms with Crippen molar-refractivity contribution in [3.05, 3.63) is 251 Å². The van der Waals surface area contributed by atoms with Crippen molar-refractivity contribution < 1.29 is 63.9 Å². The molecule has 0 radical (unpaired) electrons. The molecular weight excluding hydrogens is 1580 g/mol. The molecule has 14 rings (SSSR count). The third-order valence-corrected chi connectivity index (χ3v) is 17.0. The number of hydrogen-bond donors (Lipinski definition) is 4. The highest BCUT2D eigenvalue weighted by Gasteiger charge is 2.22. The largest absolute Gasteiger partial charge is 0.493 e. The molecule has 0 amide bonds. The Bertz CT molecular complexity index is 5300. The summed E-state index contributed by atoms with van der Waals surface area (Å²) in [7, 11) is 15.9. The number of halogens is 2. The second kappa shape index (κ2) is 45.0. The van der Waals surface area contributed by atoms with Gasteiger partial charge in [0.05, 0.1) is 99.2 Å². The molecule has 1 aliphatic heterocycles. The summed E-state index contributed by atoms with van der Waals surface area (Å²) in [6.07, 6.45) is 18.5. The molecule has 1 aliphatic rings. The maximum atomic E-state index is 11.3. The minimum absolute atomic E-state index is 0. The van der Waals surface area contributed by atoms with Gasteiger partial charge in [-0.1, -0.05) is 37.9 Å². The fourth-order valence-corrected chi connectivity index (χ4v) is 11.5. The van der Waals surface area contributed by atoms with E-state index < -0.39 is 0 Å². The summed E-state index contributed by atoms with van der Waals surface area (Å²) in [5.74, 6) is 8.80. The van der Waals surface area contributed by atoms with Crippen LogP contribution in [-0.4, -0.2) is 153 Å². The molecule has 113 heavy (non-hydrogen) atoms. The first-order chi connectivity index (χ1) is 54.2. The van der Waals surface area contributed by atoms with Gasteiger partial charge in [-0.15, -0.1) is 0 Å². The molecule has 8 N–H and O–H groups in total. The number of aromatic nitrogens is 11. The highest BCUT2D eigenvalue weighted by atomic mass is 79.9. The summed E-state index contributed by atoms with van der Waals surface area (Å²) in [4.78, 5) is 64.5. The van der Waals surface area contributed by atoms with Gasteiger partial charge < -0.3 is 64.3 Å². The van der Waals surface area contributed by atoms with Crippen LogP contribution < -0.4 is 58.8 Å². The van der Waals surface area contributed by atoms with Gasteiger partial charge in [0, 0.05) is 125 Å². The number of ketones is 2. The molecule has 9 heterocycles. The Labute approximate surface area is 672 Å². The van der Waals surface area contributed by atoms with Crippen molar-refractivity contribution in [1.82, 2.24) is 53.7 Å². The summed E-state index contributed by atoms with van der Waals surface area (Å²) in [6, 6.07) is 44.9. The number of fused-ring (bicyclic) bond motifs is 2. The van der Waals surface area contributed by atoms with Crippen LogP contribution in [0.2, 0.25) is 0 Å². The maximum Gasteiger partial charge on any atom is 0.234 e. The van der Waals surface area contributed by atoms with Crippen LogP contribution in [-0.2, 0) is 0 Å². The van der Waals surface area contributed by atoms with Crippen molar-refractivity contribution in [2.24, 2.45) is 10.7 Å². The SMILES string of the molecule is COc1ccc(-c2cn3cccnc3n2)cc1OC.COc1ccc(-c2nc3ncccn3c2-c2ccnc(C)c2)cc1OC.COc1ccc(C(=O)CBr)cc1OC.COc1ccc(C(C)=O)cc1OC.COc1ccc(C2=C(c3ccnc(C)c3)N=C(N)C2)cc1OC.Cc1cc(Br)ccn1.N=N.Nc1ncccn1.O.[HH]. The number of nitrogen functional groups attached to an aromatic ring is 1. The van der Waals surface area contributed by atoms with E-state index in [1.807, 2.05) is 151 Å². The molecule has 31 heteroatoms. The van der Waals surface area contributed by atoms with Crippen molar-refractivity contribution in [2.75, 3.05) is 82.2 Å². The molecule has 5 aromatic carbocycles. The number of imidazole rings is 2. The van der Waals surface area contributed by atoms with Gasteiger partial charge in [-0.2, -0.15) is 0 Å². The average molecular weight is 1670 g/mol. The van der Waals surface area contributed by atoms with Crippen LogP contribution in [0.3, 0.4) is 0 Å². The predicted molar refractivity (Wildman–Crippen MR) is 444 cm³/mol. The van der Waals surface area contributed by atoms with Crippen molar-refractivity contribution in [3.63, 3.8) is 0 Å². The Hall–Kier alpha value is -13.3. The maximum absolute atomic E-state index is 11.3. The number of anilines is 1. The normalized spacial score (nSPS) is 10.6. The monoisotopic (exact) mass is 1660 g/mol. The van der Waals surface area contributed by atoms with Crippen molar-refractivity contribution in [2.45, 2.75) is 34.1 Å². The van der Waals surface area contributed by atoms with Gasteiger partial charge in [0.25, 0.3) is 0 Å². The molecule has 0 atom stereocenters. The first-order valence-electron chi connectivity index (χ1n) is 33.9. The van der Waals surface area contributed by atoms with E-state index in [4.69, 9.17) is 74.9 Å². The van der Waals surface area contributed by atoms with Gasteiger partial charge in [-0.25, -0.2) is 46.0 Å². The zero-order valence-electron chi connectivity index (χ0n) is 64.7. The molecule has 0 saturated carbocycles. The lowest BCUT2D eigenvalue weighted by Crippen LogP contribution is -2.07. The lowest BCUT2D eigenvalue weighted by atomic mass is 9.98. The van der Waals surface area contributed by atoms with Crippen molar-refractivity contribution >= 4 is 78.0 Å². The van der Waals surface area contributed by atoms with Crippen LogP contribution in [0.15, 0.2) is 217 Å². The predicted octanol–water partition coefficient (Wildman–Crippen LogP) is 15.7. The molecule has 0 unspecified atom stereocenters. The number of benzene rings is 5. The molecule has 0 bridgehead atoms. The van der Waals surface area contributed by atoms with E-state index in [-0.39, 0.29) is 18.5 Å². The zero-order chi connectivity index (χ0) is 81.2. The number of aryl methyl sites for hydroxylation is 3. The molecule has 13 aromatic rings. The van der Waals surface area contributed by atoms with Crippen LogP contribution in [0.5, 0.6) is 57.5 Å².